The molecule has 0 atom stereocenters. The van der Waals surface area contributed by atoms with E-state index in [9.17, 15) is 0 Å². The van der Waals surface area contributed by atoms with Gasteiger partial charge in [0.15, 0.2) is 0 Å². The third-order valence-electron chi connectivity index (χ3n) is 9.77. The van der Waals surface area contributed by atoms with Crippen molar-refractivity contribution in [3.63, 3.8) is 0 Å². The average Bonchev–Trinajstić information content (AvgIpc) is 3.73. The van der Waals surface area contributed by atoms with Crippen molar-refractivity contribution in [2.75, 3.05) is 0 Å². The van der Waals surface area contributed by atoms with Crippen LogP contribution in [-0.2, 0) is 5.41 Å². The van der Waals surface area contributed by atoms with E-state index < -0.39 is 5.41 Å². The summed E-state index contributed by atoms with van der Waals surface area (Å²) in [6, 6.07) is 55.2. The highest BCUT2D eigenvalue weighted by Gasteiger charge is 2.45. The van der Waals surface area contributed by atoms with Crippen LogP contribution >= 0.6 is 11.3 Å². The Morgan fingerprint density at radius 1 is 0.574 bits per heavy atom. The number of hydrogen-bond donors (Lipinski definition) is 0. The van der Waals surface area contributed by atoms with E-state index in [0.29, 0.717) is 0 Å². The van der Waals surface area contributed by atoms with E-state index >= 15 is 0 Å². The molecule has 0 spiro atoms. The quantitative estimate of drug-likeness (QED) is 0.197. The van der Waals surface area contributed by atoms with Gasteiger partial charge in [0, 0.05) is 38.1 Å². The first kappa shape index (κ1) is 26.4. The maximum absolute atomic E-state index is 5.28. The molecule has 220 valence electrons. The number of imidazole rings is 1. The molecule has 1 aliphatic heterocycles. The third kappa shape index (κ3) is 3.67. The zero-order valence-corrected chi connectivity index (χ0v) is 26.2. The van der Waals surface area contributed by atoms with Gasteiger partial charge in [0.05, 0.1) is 22.1 Å². The van der Waals surface area contributed by atoms with Gasteiger partial charge in [-0.15, -0.1) is 11.3 Å². The van der Waals surface area contributed by atoms with E-state index in [2.05, 4.69) is 155 Å². The summed E-state index contributed by atoms with van der Waals surface area (Å²) in [5, 5.41) is 2.62. The summed E-state index contributed by atoms with van der Waals surface area (Å²) < 4.78 is 4.99. The number of aromatic nitrogens is 3. The van der Waals surface area contributed by atoms with E-state index in [0.717, 1.165) is 28.1 Å². The summed E-state index contributed by atoms with van der Waals surface area (Å²) in [7, 11) is 0. The Hall–Kier alpha value is -5.84. The fourth-order valence-electron chi connectivity index (χ4n) is 7.84. The second kappa shape index (κ2) is 10.1. The molecule has 3 nitrogen and oxygen atoms in total. The van der Waals surface area contributed by atoms with Gasteiger partial charge in [-0.3, -0.25) is 9.55 Å². The predicted molar refractivity (Wildman–Crippen MR) is 194 cm³/mol. The number of pyridine rings is 1. The van der Waals surface area contributed by atoms with Crippen LogP contribution in [-0.4, -0.2) is 14.5 Å². The van der Waals surface area contributed by atoms with Crippen molar-refractivity contribution in [2.45, 2.75) is 5.41 Å². The van der Waals surface area contributed by atoms with Crippen molar-refractivity contribution in [1.82, 2.24) is 14.5 Å². The summed E-state index contributed by atoms with van der Waals surface area (Å²) in [5.74, 6) is 0.899. The minimum absolute atomic E-state index is 0.580. The maximum atomic E-state index is 5.28. The molecule has 47 heavy (non-hydrogen) atoms. The lowest BCUT2D eigenvalue weighted by Gasteiger charge is -2.41. The van der Waals surface area contributed by atoms with Crippen LogP contribution in [0.1, 0.15) is 22.3 Å². The number of para-hydroxylation sites is 1. The zero-order valence-electron chi connectivity index (χ0n) is 25.3. The molecule has 0 N–H and O–H groups in total. The molecule has 0 bridgehead atoms. The Morgan fingerprint density at radius 3 is 2.11 bits per heavy atom. The van der Waals surface area contributed by atoms with Crippen molar-refractivity contribution in [1.29, 1.82) is 0 Å². The number of benzene rings is 6. The van der Waals surface area contributed by atoms with Crippen LogP contribution in [0.2, 0.25) is 0 Å². The molecule has 1 aliphatic rings. The summed E-state index contributed by atoms with van der Waals surface area (Å²) in [6.45, 7) is 0. The molecule has 0 fully saturated rings. The highest BCUT2D eigenvalue weighted by atomic mass is 32.1. The minimum Gasteiger partial charge on any atom is -0.292 e. The summed E-state index contributed by atoms with van der Waals surface area (Å²) in [6.07, 6.45) is 3.73. The van der Waals surface area contributed by atoms with E-state index in [1.807, 2.05) is 29.8 Å². The van der Waals surface area contributed by atoms with Crippen LogP contribution < -0.4 is 0 Å². The SMILES string of the molecule is c1ccc(C2(c3ccccc3)c3cc(-c4cccc5c4sc4ccccc45)ccc3-n3c(-c4cccnc4)nc4cccc2c43)cc1. The minimum atomic E-state index is -0.580. The van der Waals surface area contributed by atoms with Gasteiger partial charge in [0.1, 0.15) is 5.82 Å². The van der Waals surface area contributed by atoms with Gasteiger partial charge in [0.25, 0.3) is 0 Å². The van der Waals surface area contributed by atoms with Crippen molar-refractivity contribution in [3.8, 4) is 28.2 Å². The van der Waals surface area contributed by atoms with Crippen LogP contribution in [0.3, 0.4) is 0 Å². The van der Waals surface area contributed by atoms with Crippen molar-refractivity contribution in [3.05, 3.63) is 186 Å². The Bertz CT molecular complexity index is 2580. The predicted octanol–water partition coefficient (Wildman–Crippen LogP) is 10.8. The molecule has 3 aromatic heterocycles. The molecule has 0 amide bonds. The lowest BCUT2D eigenvalue weighted by atomic mass is 9.63. The third-order valence-corrected chi connectivity index (χ3v) is 11.0. The van der Waals surface area contributed by atoms with Gasteiger partial charge >= 0.3 is 0 Å². The second-order valence-electron chi connectivity index (χ2n) is 12.2. The Balaban J connectivity index is 1.37. The largest absolute Gasteiger partial charge is 0.292 e. The molecule has 10 rings (SSSR count). The summed E-state index contributed by atoms with van der Waals surface area (Å²) in [5.41, 5.74) is 11.0. The summed E-state index contributed by atoms with van der Waals surface area (Å²) >= 11 is 1.88. The van der Waals surface area contributed by atoms with E-state index in [-0.39, 0.29) is 0 Å². The van der Waals surface area contributed by atoms with Gasteiger partial charge < -0.3 is 0 Å². The van der Waals surface area contributed by atoms with Crippen LogP contribution in [0.5, 0.6) is 0 Å². The molecule has 0 unspecified atom stereocenters. The molecular formula is C43H27N3S. The Morgan fingerprint density at radius 2 is 1.32 bits per heavy atom. The van der Waals surface area contributed by atoms with Crippen LogP contribution in [0.15, 0.2) is 164 Å². The van der Waals surface area contributed by atoms with E-state index in [1.54, 1.807) is 0 Å². The first-order valence-electron chi connectivity index (χ1n) is 15.9. The smallest absolute Gasteiger partial charge is 0.147 e. The molecule has 0 aliphatic carbocycles. The first-order chi connectivity index (χ1) is 23.3. The first-order valence-corrected chi connectivity index (χ1v) is 16.7. The van der Waals surface area contributed by atoms with Gasteiger partial charge in [0.2, 0.25) is 0 Å². The average molecular weight is 618 g/mol. The fraction of sp³-hybridized carbons (Fsp3) is 0.0233. The van der Waals surface area contributed by atoms with E-state index in [1.165, 1.54) is 53.6 Å². The van der Waals surface area contributed by atoms with E-state index in [4.69, 9.17) is 4.98 Å². The lowest BCUT2D eigenvalue weighted by Crippen LogP contribution is -2.35. The zero-order chi connectivity index (χ0) is 31.0. The number of hydrogen-bond acceptors (Lipinski definition) is 3. The van der Waals surface area contributed by atoms with Gasteiger partial charge in [-0.25, -0.2) is 4.98 Å². The number of fused-ring (bicyclic) bond motifs is 5. The highest BCUT2D eigenvalue weighted by Crippen LogP contribution is 2.54. The molecule has 0 saturated heterocycles. The standard InChI is InChI=1S/C43H27N3S/c1-3-13-30(14-4-1)43(31-15-5-2-6-16-31)35-20-10-21-37-40(35)46(42(45-37)29-12-11-25-44-27-29)38-24-23-28(26-36(38)43)32-18-9-19-34-33-17-7-8-22-39(33)47-41(32)34/h1-27H. The number of thiophene rings is 1. The molecule has 0 saturated carbocycles. The molecule has 6 aromatic carbocycles. The van der Waals surface area contributed by atoms with Crippen LogP contribution in [0.25, 0.3) is 59.4 Å². The van der Waals surface area contributed by atoms with Gasteiger partial charge in [-0.1, -0.05) is 115 Å². The molecule has 4 heteroatoms. The normalized spacial score (nSPS) is 13.3. The molecule has 9 aromatic rings. The van der Waals surface area contributed by atoms with Gasteiger partial charge in [-0.2, -0.15) is 0 Å². The van der Waals surface area contributed by atoms with Crippen molar-refractivity contribution < 1.29 is 0 Å². The summed E-state index contributed by atoms with van der Waals surface area (Å²) in [4.78, 5) is 9.75. The number of nitrogens with zero attached hydrogens (tertiary/aromatic N) is 3. The number of rotatable bonds is 4. The molecular weight excluding hydrogens is 591 g/mol. The fourth-order valence-corrected chi connectivity index (χ4v) is 9.07. The van der Waals surface area contributed by atoms with Crippen LogP contribution in [0.4, 0.5) is 0 Å². The van der Waals surface area contributed by atoms with Gasteiger partial charge in [-0.05, 0) is 69.8 Å². The maximum Gasteiger partial charge on any atom is 0.147 e. The molecule has 4 heterocycles. The molecule has 0 radical (unpaired) electrons. The topological polar surface area (TPSA) is 30.7 Å². The van der Waals surface area contributed by atoms with Crippen LogP contribution in [0, 0.1) is 0 Å². The van der Waals surface area contributed by atoms with Crippen molar-refractivity contribution >= 4 is 42.5 Å². The Kier molecular flexibility index (Phi) is 5.66. The highest BCUT2D eigenvalue weighted by molar-refractivity contribution is 7.26. The monoisotopic (exact) mass is 617 g/mol. The van der Waals surface area contributed by atoms with Crippen molar-refractivity contribution in [2.24, 2.45) is 0 Å². The second-order valence-corrected chi connectivity index (χ2v) is 13.2. The Labute approximate surface area is 276 Å². The lowest BCUT2D eigenvalue weighted by molar-refractivity contribution is 0.726.